The number of hydrogen-bond donors (Lipinski definition) is 2. The fourth-order valence-corrected chi connectivity index (χ4v) is 3.91. The number of rotatable bonds is 4. The zero-order chi connectivity index (χ0) is 17.4. The second-order valence-corrected chi connectivity index (χ2v) is 8.13. The Labute approximate surface area is 135 Å². The molecule has 0 radical (unpaired) electrons. The summed E-state index contributed by atoms with van der Waals surface area (Å²) >= 11 is 0. The summed E-state index contributed by atoms with van der Waals surface area (Å²) in [6.07, 6.45) is -0.0647. The van der Waals surface area contributed by atoms with Gasteiger partial charge in [0.15, 0.2) is 0 Å². The number of aryl methyl sites for hydroxylation is 2. The summed E-state index contributed by atoms with van der Waals surface area (Å²) in [5.41, 5.74) is 1.76. The van der Waals surface area contributed by atoms with Crippen LogP contribution in [0.2, 0.25) is 0 Å². The van der Waals surface area contributed by atoms with E-state index in [1.807, 2.05) is 0 Å². The van der Waals surface area contributed by atoms with E-state index >= 15 is 0 Å². The van der Waals surface area contributed by atoms with E-state index in [0.717, 1.165) is 0 Å². The average molecular weight is 356 g/mol. The van der Waals surface area contributed by atoms with Crippen LogP contribution in [0.25, 0.3) is 0 Å². The third kappa shape index (κ3) is 4.17. The minimum atomic E-state index is -4.44. The van der Waals surface area contributed by atoms with E-state index in [9.17, 15) is 25.9 Å². The van der Waals surface area contributed by atoms with Crippen LogP contribution in [-0.2, 0) is 26.7 Å². The maximum Gasteiger partial charge on any atom is 0.294 e. The Morgan fingerprint density at radius 2 is 1.09 bits per heavy atom. The molecule has 0 aliphatic carbocycles. The molecule has 6 nitrogen and oxygen atoms in total. The van der Waals surface area contributed by atoms with E-state index in [-0.39, 0.29) is 27.3 Å². The standard InChI is InChI=1S/C15H16O6S2/c1-10-3-5-12(14(7-10)22(16,17)18)9-13-6-4-11(2)8-15(13)23(19,20)21/h3-8H,9H2,1-2H3,(H,16,17,18)(H,19,20,21). The second-order valence-electron chi connectivity index (χ2n) is 5.35. The maximum absolute atomic E-state index is 11.5. The highest BCUT2D eigenvalue weighted by Crippen LogP contribution is 2.25. The predicted octanol–water partition coefficient (Wildman–Crippen LogP) is 2.39. The van der Waals surface area contributed by atoms with Gasteiger partial charge in [0.1, 0.15) is 0 Å². The Morgan fingerprint density at radius 1 is 0.739 bits per heavy atom. The summed E-state index contributed by atoms with van der Waals surface area (Å²) in [5.74, 6) is 0. The first kappa shape index (κ1) is 17.6. The van der Waals surface area contributed by atoms with Crippen molar-refractivity contribution in [3.05, 3.63) is 58.7 Å². The largest absolute Gasteiger partial charge is 0.294 e. The maximum atomic E-state index is 11.5. The van der Waals surface area contributed by atoms with Crippen molar-refractivity contribution in [1.82, 2.24) is 0 Å². The number of hydrogen-bond acceptors (Lipinski definition) is 4. The Hall–Kier alpha value is -1.74. The fraction of sp³-hybridized carbons (Fsp3) is 0.200. The van der Waals surface area contributed by atoms with Gasteiger partial charge in [0.2, 0.25) is 0 Å². The van der Waals surface area contributed by atoms with Crippen LogP contribution in [0.15, 0.2) is 46.2 Å². The van der Waals surface area contributed by atoms with Crippen molar-refractivity contribution < 1.29 is 25.9 Å². The van der Waals surface area contributed by atoms with Crippen molar-refractivity contribution in [1.29, 1.82) is 0 Å². The van der Waals surface area contributed by atoms with Gasteiger partial charge in [0.05, 0.1) is 9.79 Å². The third-order valence-electron chi connectivity index (χ3n) is 3.38. The molecule has 8 heteroatoms. The van der Waals surface area contributed by atoms with Crippen molar-refractivity contribution in [3.8, 4) is 0 Å². The van der Waals surface area contributed by atoms with Gasteiger partial charge in [-0.25, -0.2) is 0 Å². The average Bonchev–Trinajstić information content (AvgIpc) is 2.40. The van der Waals surface area contributed by atoms with E-state index in [2.05, 4.69) is 0 Å². The third-order valence-corrected chi connectivity index (χ3v) is 5.25. The van der Waals surface area contributed by atoms with E-state index in [1.165, 1.54) is 24.3 Å². The van der Waals surface area contributed by atoms with Crippen LogP contribution in [0.4, 0.5) is 0 Å². The monoisotopic (exact) mass is 356 g/mol. The highest BCUT2D eigenvalue weighted by atomic mass is 32.2. The molecule has 0 saturated heterocycles. The minimum Gasteiger partial charge on any atom is -0.282 e. The number of benzene rings is 2. The van der Waals surface area contributed by atoms with Crippen molar-refractivity contribution in [2.45, 2.75) is 30.1 Å². The predicted molar refractivity (Wildman–Crippen MR) is 84.8 cm³/mol. The lowest BCUT2D eigenvalue weighted by Gasteiger charge is -2.11. The van der Waals surface area contributed by atoms with Crippen molar-refractivity contribution >= 4 is 20.2 Å². The van der Waals surface area contributed by atoms with Gasteiger partial charge in [0, 0.05) is 6.42 Å². The summed E-state index contributed by atoms with van der Waals surface area (Å²) < 4.78 is 64.8. The van der Waals surface area contributed by atoms with E-state index < -0.39 is 20.2 Å². The smallest absolute Gasteiger partial charge is 0.282 e. The normalized spacial score (nSPS) is 12.3. The van der Waals surface area contributed by atoms with Crippen molar-refractivity contribution in [3.63, 3.8) is 0 Å². The topological polar surface area (TPSA) is 109 Å². The fourth-order valence-electron chi connectivity index (χ4n) is 2.30. The van der Waals surface area contributed by atoms with E-state index in [4.69, 9.17) is 0 Å². The summed E-state index contributed by atoms with van der Waals surface area (Å²) in [7, 11) is -8.89. The molecule has 0 aromatic heterocycles. The zero-order valence-electron chi connectivity index (χ0n) is 12.5. The molecule has 0 aliphatic rings. The van der Waals surface area contributed by atoms with Gasteiger partial charge < -0.3 is 0 Å². The SMILES string of the molecule is Cc1ccc(Cc2ccc(C)cc2S(=O)(=O)O)c(S(=O)(=O)O)c1. The van der Waals surface area contributed by atoms with Crippen LogP contribution in [0.3, 0.4) is 0 Å². The van der Waals surface area contributed by atoms with Gasteiger partial charge >= 0.3 is 0 Å². The van der Waals surface area contributed by atoms with Gasteiger partial charge in [-0.15, -0.1) is 0 Å². The molecule has 0 heterocycles. The Morgan fingerprint density at radius 3 is 1.39 bits per heavy atom. The van der Waals surface area contributed by atoms with Crippen molar-refractivity contribution in [2.24, 2.45) is 0 Å². The molecule has 2 aromatic carbocycles. The molecule has 0 fully saturated rings. The molecule has 23 heavy (non-hydrogen) atoms. The van der Waals surface area contributed by atoms with Gasteiger partial charge in [-0.05, 0) is 48.2 Å². The van der Waals surface area contributed by atoms with Crippen LogP contribution < -0.4 is 0 Å². The highest BCUT2D eigenvalue weighted by Gasteiger charge is 2.20. The quantitative estimate of drug-likeness (QED) is 0.814. The zero-order valence-corrected chi connectivity index (χ0v) is 14.1. The minimum absolute atomic E-state index is 0.0647. The molecule has 124 valence electrons. The summed E-state index contributed by atoms with van der Waals surface area (Å²) in [6, 6.07) is 8.95. The molecule has 0 aliphatic heterocycles. The van der Waals surface area contributed by atoms with Crippen LogP contribution in [-0.4, -0.2) is 25.9 Å². The van der Waals surface area contributed by atoms with E-state index in [0.29, 0.717) is 11.1 Å². The van der Waals surface area contributed by atoms with Gasteiger partial charge in [-0.2, -0.15) is 16.8 Å². The Bertz CT molecular complexity index is 880. The van der Waals surface area contributed by atoms with Crippen molar-refractivity contribution in [2.75, 3.05) is 0 Å². The molecule has 0 atom stereocenters. The molecular weight excluding hydrogens is 340 g/mol. The van der Waals surface area contributed by atoms with Gasteiger partial charge in [-0.1, -0.05) is 24.3 Å². The van der Waals surface area contributed by atoms with Crippen LogP contribution >= 0.6 is 0 Å². The summed E-state index contributed by atoms with van der Waals surface area (Å²) in [4.78, 5) is -0.557. The lowest BCUT2D eigenvalue weighted by molar-refractivity contribution is 0.481. The first-order valence-corrected chi connectivity index (χ1v) is 9.50. The lowest BCUT2D eigenvalue weighted by atomic mass is 10.0. The van der Waals surface area contributed by atoms with E-state index in [1.54, 1.807) is 26.0 Å². The van der Waals surface area contributed by atoms with Gasteiger partial charge in [-0.3, -0.25) is 9.11 Å². The molecule has 2 aromatic rings. The Balaban J connectivity index is 2.62. The second kappa shape index (κ2) is 6.04. The molecule has 0 unspecified atom stereocenters. The summed E-state index contributed by atoms with van der Waals surface area (Å²) in [5, 5.41) is 0. The van der Waals surface area contributed by atoms with Crippen LogP contribution in [0.5, 0.6) is 0 Å². The molecule has 0 saturated carbocycles. The molecule has 2 N–H and O–H groups in total. The first-order valence-electron chi connectivity index (χ1n) is 6.62. The molecule has 0 bridgehead atoms. The lowest BCUT2D eigenvalue weighted by Crippen LogP contribution is -2.08. The Kier molecular flexibility index (Phi) is 4.63. The first-order chi connectivity index (χ1) is 10.5. The molecule has 2 rings (SSSR count). The van der Waals surface area contributed by atoms with Gasteiger partial charge in [0.25, 0.3) is 20.2 Å². The van der Waals surface area contributed by atoms with Crippen LogP contribution in [0.1, 0.15) is 22.3 Å². The van der Waals surface area contributed by atoms with Crippen LogP contribution in [0, 0.1) is 13.8 Å². The molecule has 0 spiro atoms. The molecule has 0 amide bonds. The highest BCUT2D eigenvalue weighted by molar-refractivity contribution is 7.86. The summed E-state index contributed by atoms with van der Waals surface area (Å²) in [6.45, 7) is 3.35. The molecular formula is C15H16O6S2.